The first-order valence-electron chi connectivity index (χ1n) is 12.1. The van der Waals surface area contributed by atoms with Gasteiger partial charge in [0, 0.05) is 30.6 Å². The van der Waals surface area contributed by atoms with Crippen molar-refractivity contribution in [2.45, 2.75) is 57.7 Å². The molecule has 0 aromatic carbocycles. The van der Waals surface area contributed by atoms with E-state index in [0.717, 1.165) is 46.7 Å². The van der Waals surface area contributed by atoms with Gasteiger partial charge < -0.3 is 15.4 Å². The quantitative estimate of drug-likeness (QED) is 0.288. The summed E-state index contributed by atoms with van der Waals surface area (Å²) in [6.45, 7) is 6.23. The molecule has 5 rings (SSSR count). The van der Waals surface area contributed by atoms with Crippen LogP contribution in [0, 0.1) is 0 Å². The maximum Gasteiger partial charge on any atom is 0.306 e. The molecule has 0 bridgehead atoms. The summed E-state index contributed by atoms with van der Waals surface area (Å²) in [5.41, 5.74) is 1.74. The van der Waals surface area contributed by atoms with E-state index in [9.17, 15) is 8.78 Å². The van der Waals surface area contributed by atoms with Crippen molar-refractivity contribution in [3.05, 3.63) is 54.5 Å². The number of anilines is 2. The lowest BCUT2D eigenvalue weighted by Crippen LogP contribution is -2.27. The number of nitrogens with one attached hydrogen (secondary N) is 2. The van der Waals surface area contributed by atoms with Crippen LogP contribution in [0.25, 0.3) is 20.8 Å². The molecule has 0 aliphatic carbocycles. The lowest BCUT2D eigenvalue weighted by atomic mass is 10.1. The molecule has 1 unspecified atom stereocenters. The van der Waals surface area contributed by atoms with E-state index < -0.39 is 12.5 Å². The number of ether oxygens (including phenoxy) is 1. The highest BCUT2D eigenvalue weighted by Gasteiger charge is 2.33. The zero-order chi connectivity index (χ0) is 25.3. The SMILES string of the molecule is CC(C)(C)Nc1cc(NCC(F)(F)c2ccccn2)c2sc(-c3ccnn3C3CCCCO3)cc2n1. The summed E-state index contributed by atoms with van der Waals surface area (Å²) in [4.78, 5) is 9.60. The molecule has 0 spiro atoms. The second-order valence-corrected chi connectivity index (χ2v) is 11.1. The molecule has 1 fully saturated rings. The molecule has 5 heterocycles. The summed E-state index contributed by atoms with van der Waals surface area (Å²) in [5, 5.41) is 10.9. The summed E-state index contributed by atoms with van der Waals surface area (Å²) < 4.78 is 38.5. The van der Waals surface area contributed by atoms with Gasteiger partial charge in [-0.2, -0.15) is 13.9 Å². The highest BCUT2D eigenvalue weighted by molar-refractivity contribution is 7.22. The van der Waals surface area contributed by atoms with Crippen LogP contribution in [0.3, 0.4) is 0 Å². The van der Waals surface area contributed by atoms with E-state index in [1.54, 1.807) is 24.4 Å². The van der Waals surface area contributed by atoms with Gasteiger partial charge in [-0.05, 0) is 64.3 Å². The van der Waals surface area contributed by atoms with Crippen LogP contribution >= 0.6 is 11.3 Å². The van der Waals surface area contributed by atoms with Crippen molar-refractivity contribution in [3.8, 4) is 10.6 Å². The zero-order valence-electron chi connectivity index (χ0n) is 20.6. The number of alkyl halides is 2. The van der Waals surface area contributed by atoms with E-state index in [4.69, 9.17) is 9.72 Å². The topological polar surface area (TPSA) is 76.9 Å². The molecule has 0 radical (unpaired) electrons. The highest BCUT2D eigenvalue weighted by atomic mass is 32.1. The Bertz CT molecular complexity index is 1330. The molecule has 0 amide bonds. The van der Waals surface area contributed by atoms with Crippen molar-refractivity contribution in [2.75, 3.05) is 23.8 Å². The number of halogens is 2. The number of hydrogen-bond acceptors (Lipinski definition) is 7. The van der Waals surface area contributed by atoms with Crippen molar-refractivity contribution in [1.82, 2.24) is 19.7 Å². The number of thiophene rings is 1. The van der Waals surface area contributed by atoms with Crippen molar-refractivity contribution in [1.29, 1.82) is 0 Å². The Balaban J connectivity index is 1.51. The highest BCUT2D eigenvalue weighted by Crippen LogP contribution is 2.40. The predicted octanol–water partition coefficient (Wildman–Crippen LogP) is 6.67. The van der Waals surface area contributed by atoms with E-state index in [2.05, 4.69) is 20.7 Å². The molecule has 36 heavy (non-hydrogen) atoms. The monoisotopic (exact) mass is 512 g/mol. The van der Waals surface area contributed by atoms with Gasteiger partial charge in [-0.3, -0.25) is 4.98 Å². The largest absolute Gasteiger partial charge is 0.377 e. The number of hydrogen-bond donors (Lipinski definition) is 2. The molecular weight excluding hydrogens is 482 g/mol. The van der Waals surface area contributed by atoms with Crippen LogP contribution in [0.1, 0.15) is 52.0 Å². The van der Waals surface area contributed by atoms with Crippen LogP contribution in [0.4, 0.5) is 20.3 Å². The van der Waals surface area contributed by atoms with Crippen LogP contribution in [0.2, 0.25) is 0 Å². The van der Waals surface area contributed by atoms with Crippen LogP contribution < -0.4 is 10.6 Å². The van der Waals surface area contributed by atoms with Gasteiger partial charge >= 0.3 is 5.92 Å². The Morgan fingerprint density at radius 1 is 1.14 bits per heavy atom. The van der Waals surface area contributed by atoms with Crippen molar-refractivity contribution in [2.24, 2.45) is 0 Å². The third-order valence-electron chi connectivity index (χ3n) is 5.87. The zero-order valence-corrected chi connectivity index (χ0v) is 21.4. The Morgan fingerprint density at radius 2 is 2.00 bits per heavy atom. The second kappa shape index (κ2) is 9.74. The van der Waals surface area contributed by atoms with Crippen LogP contribution in [-0.2, 0) is 10.7 Å². The molecule has 1 aliphatic heterocycles. The molecule has 10 heteroatoms. The van der Waals surface area contributed by atoms with Crippen LogP contribution in [-0.4, -0.2) is 38.4 Å². The van der Waals surface area contributed by atoms with Gasteiger partial charge in [0.25, 0.3) is 0 Å². The fourth-order valence-electron chi connectivity index (χ4n) is 4.26. The molecule has 1 aliphatic rings. The average Bonchev–Trinajstić information content (AvgIpc) is 3.50. The maximum absolute atomic E-state index is 14.9. The molecule has 190 valence electrons. The van der Waals surface area contributed by atoms with E-state index >= 15 is 0 Å². The Labute approximate surface area is 212 Å². The summed E-state index contributed by atoms with van der Waals surface area (Å²) in [6, 6.07) is 10.3. The molecule has 4 aromatic rings. The van der Waals surface area contributed by atoms with Crippen molar-refractivity contribution in [3.63, 3.8) is 0 Å². The smallest absolute Gasteiger partial charge is 0.306 e. The first-order chi connectivity index (χ1) is 17.2. The van der Waals surface area contributed by atoms with Gasteiger partial charge in [0.2, 0.25) is 0 Å². The molecule has 2 N–H and O–H groups in total. The van der Waals surface area contributed by atoms with Crippen LogP contribution in [0.15, 0.2) is 48.8 Å². The maximum atomic E-state index is 14.9. The summed E-state index contributed by atoms with van der Waals surface area (Å²) in [7, 11) is 0. The first kappa shape index (κ1) is 24.6. The van der Waals surface area contributed by atoms with Gasteiger partial charge in [0.15, 0.2) is 6.23 Å². The van der Waals surface area contributed by atoms with E-state index in [-0.39, 0.29) is 17.5 Å². The molecule has 1 atom stereocenters. The van der Waals surface area contributed by atoms with Gasteiger partial charge in [0.1, 0.15) is 11.5 Å². The Morgan fingerprint density at radius 3 is 2.72 bits per heavy atom. The molecule has 4 aromatic heterocycles. The van der Waals surface area contributed by atoms with Gasteiger partial charge in [0.05, 0.1) is 33.0 Å². The first-order valence-corrected chi connectivity index (χ1v) is 12.9. The molecule has 0 saturated carbocycles. The molecular formula is C26H30F2N6OS. The number of pyridine rings is 2. The number of nitrogens with zero attached hydrogens (tertiary/aromatic N) is 4. The fourth-order valence-corrected chi connectivity index (χ4v) is 5.37. The van der Waals surface area contributed by atoms with Crippen LogP contribution in [0.5, 0.6) is 0 Å². The summed E-state index contributed by atoms with van der Waals surface area (Å²) in [6.07, 6.45) is 6.11. The number of aromatic nitrogens is 4. The third-order valence-corrected chi connectivity index (χ3v) is 7.05. The standard InChI is InChI=1S/C26H30F2N6OS/c1-25(2,3)33-22-15-17(30-16-26(27,28)21-8-4-6-11-29-21)24-18(32-22)14-20(36-24)19-10-12-31-34(19)23-9-5-7-13-35-23/h4,6,8,10-12,14-15,23H,5,7,9,13,16H2,1-3H3,(H2,30,32,33). The normalized spacial score (nSPS) is 16.9. The lowest BCUT2D eigenvalue weighted by molar-refractivity contribution is -0.0383. The van der Waals surface area contributed by atoms with Gasteiger partial charge in [-0.15, -0.1) is 11.3 Å². The van der Waals surface area contributed by atoms with Crippen molar-refractivity contribution < 1.29 is 13.5 Å². The minimum atomic E-state index is -3.13. The summed E-state index contributed by atoms with van der Waals surface area (Å²) in [5.74, 6) is -2.52. The number of rotatable bonds is 7. The van der Waals surface area contributed by atoms with E-state index in [0.29, 0.717) is 11.5 Å². The lowest BCUT2D eigenvalue weighted by Gasteiger charge is -2.24. The third kappa shape index (κ3) is 5.34. The number of fused-ring (bicyclic) bond motifs is 1. The van der Waals surface area contributed by atoms with Gasteiger partial charge in [-0.1, -0.05) is 6.07 Å². The minimum Gasteiger partial charge on any atom is -0.377 e. The Kier molecular flexibility index (Phi) is 6.65. The molecule has 7 nitrogen and oxygen atoms in total. The van der Waals surface area contributed by atoms with E-state index in [1.807, 2.05) is 37.6 Å². The fraction of sp³-hybridized carbons (Fsp3) is 0.423. The minimum absolute atomic E-state index is 0.102. The predicted molar refractivity (Wildman–Crippen MR) is 140 cm³/mol. The Hall–Kier alpha value is -3.11. The molecule has 1 saturated heterocycles. The second-order valence-electron chi connectivity index (χ2n) is 10.0. The van der Waals surface area contributed by atoms with Gasteiger partial charge in [-0.25, -0.2) is 9.67 Å². The van der Waals surface area contributed by atoms with E-state index in [1.165, 1.54) is 23.6 Å². The van der Waals surface area contributed by atoms with Crippen molar-refractivity contribution >= 4 is 33.1 Å². The summed E-state index contributed by atoms with van der Waals surface area (Å²) >= 11 is 1.50. The average molecular weight is 513 g/mol.